The van der Waals surface area contributed by atoms with E-state index in [1.807, 2.05) is 4.72 Å². The Morgan fingerprint density at radius 2 is 1.74 bits per heavy atom. The first-order valence-electron chi connectivity index (χ1n) is 9.34. The summed E-state index contributed by atoms with van der Waals surface area (Å²) in [6, 6.07) is 5.26. The first-order chi connectivity index (χ1) is 15.9. The normalized spacial score (nSPS) is 12.1. The number of ketones is 1. The summed E-state index contributed by atoms with van der Waals surface area (Å²) in [5.41, 5.74) is 3.03. The minimum Gasteiger partial charge on any atom is -0.397 e. The van der Waals surface area contributed by atoms with Gasteiger partial charge >= 0.3 is 6.18 Å². The van der Waals surface area contributed by atoms with Gasteiger partial charge in [-0.2, -0.15) is 13.2 Å². The zero-order valence-electron chi connectivity index (χ0n) is 16.7. The smallest absolute Gasteiger partial charge is 0.397 e. The van der Waals surface area contributed by atoms with Gasteiger partial charge in [0.15, 0.2) is 5.82 Å². The number of aromatic nitrogens is 2. The van der Waals surface area contributed by atoms with E-state index in [1.165, 1.54) is 18.5 Å². The van der Waals surface area contributed by atoms with Gasteiger partial charge in [0.05, 0.1) is 33.6 Å². The number of carbonyl (C=O) groups is 1. The molecule has 13 heteroatoms. The van der Waals surface area contributed by atoms with Gasteiger partial charge in [0.1, 0.15) is 11.5 Å². The summed E-state index contributed by atoms with van der Waals surface area (Å²) in [5, 5.41) is 0.194. The molecule has 4 rings (SSSR count). The molecule has 7 nitrogen and oxygen atoms in total. The number of anilines is 2. The Balaban J connectivity index is 1.71. The van der Waals surface area contributed by atoms with Gasteiger partial charge < -0.3 is 10.7 Å². The van der Waals surface area contributed by atoms with E-state index in [4.69, 9.17) is 5.73 Å². The van der Waals surface area contributed by atoms with Crippen molar-refractivity contribution >= 4 is 38.2 Å². The van der Waals surface area contributed by atoms with E-state index in [1.54, 1.807) is 0 Å². The summed E-state index contributed by atoms with van der Waals surface area (Å²) < 4.78 is 94.7. The number of nitrogens with two attached hydrogens (primary N) is 1. The maximum atomic E-state index is 15.1. The molecule has 4 N–H and O–H groups in total. The van der Waals surface area contributed by atoms with Crippen LogP contribution in [0.2, 0.25) is 0 Å². The molecule has 0 saturated heterocycles. The minimum atomic E-state index is -4.68. The molecule has 2 aromatic carbocycles. The van der Waals surface area contributed by atoms with Crippen LogP contribution in [0.1, 0.15) is 21.5 Å². The number of rotatable bonds is 5. The highest BCUT2D eigenvalue weighted by Gasteiger charge is 2.31. The average molecular weight is 496 g/mol. The molecule has 2 aromatic heterocycles. The van der Waals surface area contributed by atoms with E-state index in [9.17, 15) is 30.8 Å². The Kier molecular flexibility index (Phi) is 5.52. The van der Waals surface area contributed by atoms with Crippen molar-refractivity contribution in [3.63, 3.8) is 0 Å². The number of nitrogens with one attached hydrogen (secondary N) is 2. The van der Waals surface area contributed by atoms with Crippen LogP contribution in [0.3, 0.4) is 0 Å². The number of halogens is 5. The van der Waals surface area contributed by atoms with Crippen LogP contribution in [-0.4, -0.2) is 24.2 Å². The lowest BCUT2D eigenvalue weighted by Gasteiger charge is -2.13. The van der Waals surface area contributed by atoms with Crippen molar-refractivity contribution in [1.29, 1.82) is 0 Å². The maximum absolute atomic E-state index is 15.1. The molecule has 0 aliphatic rings. The van der Waals surface area contributed by atoms with Crippen LogP contribution in [0, 0.1) is 11.6 Å². The highest BCUT2D eigenvalue weighted by Crippen LogP contribution is 2.31. The second-order valence-corrected chi connectivity index (χ2v) is 8.79. The van der Waals surface area contributed by atoms with E-state index in [2.05, 4.69) is 9.97 Å². The number of H-pyrrole nitrogens is 1. The fourth-order valence-corrected chi connectivity index (χ4v) is 4.27. The summed E-state index contributed by atoms with van der Waals surface area (Å²) in [5.74, 6) is -3.87. The Morgan fingerprint density at radius 3 is 2.38 bits per heavy atom. The standard InChI is InChI=1S/C21H13F5N4O3S/c22-15-5-6-16(30-34(32,33)12-3-1-10(2-4-12)21(24,25)26)18(23)17(15)19(31)14-9-29-20-13(14)7-11(27)8-28-20/h1-9,30H,27H2,(H,28,29). The van der Waals surface area contributed by atoms with Gasteiger partial charge in [-0.15, -0.1) is 0 Å². The first-order valence-corrected chi connectivity index (χ1v) is 10.8. The Bertz CT molecular complexity index is 1530. The lowest BCUT2D eigenvalue weighted by molar-refractivity contribution is -0.137. The van der Waals surface area contributed by atoms with E-state index >= 15 is 4.39 Å². The summed E-state index contributed by atoms with van der Waals surface area (Å²) in [4.78, 5) is 19.0. The van der Waals surface area contributed by atoms with Crippen molar-refractivity contribution in [2.24, 2.45) is 0 Å². The number of nitrogens with zero attached hydrogens (tertiary/aromatic N) is 1. The molecule has 0 unspecified atom stereocenters. The molecule has 4 aromatic rings. The monoisotopic (exact) mass is 496 g/mol. The maximum Gasteiger partial charge on any atom is 0.416 e. The minimum absolute atomic E-state index is 0.157. The Labute approximate surface area is 188 Å². The zero-order chi connectivity index (χ0) is 24.8. The Hall–Kier alpha value is -4.00. The van der Waals surface area contributed by atoms with Crippen molar-refractivity contribution in [1.82, 2.24) is 9.97 Å². The van der Waals surface area contributed by atoms with E-state index < -0.39 is 55.3 Å². The lowest BCUT2D eigenvalue weighted by Crippen LogP contribution is -2.17. The van der Waals surface area contributed by atoms with Crippen molar-refractivity contribution in [3.05, 3.63) is 83.2 Å². The van der Waals surface area contributed by atoms with E-state index in [0.29, 0.717) is 30.3 Å². The molecular weight excluding hydrogens is 483 g/mol. The molecule has 0 saturated carbocycles. The predicted octanol–water partition coefficient (Wildman–Crippen LogP) is 4.47. The Morgan fingerprint density at radius 1 is 1.06 bits per heavy atom. The second kappa shape index (κ2) is 8.09. The largest absolute Gasteiger partial charge is 0.416 e. The third-order valence-electron chi connectivity index (χ3n) is 4.85. The number of carbonyl (C=O) groups excluding carboxylic acids is 1. The van der Waals surface area contributed by atoms with Crippen molar-refractivity contribution in [2.45, 2.75) is 11.1 Å². The summed E-state index contributed by atoms with van der Waals surface area (Å²) in [6.45, 7) is 0. The van der Waals surface area contributed by atoms with Crippen LogP contribution in [0.5, 0.6) is 0 Å². The number of aromatic amines is 1. The molecule has 176 valence electrons. The zero-order valence-corrected chi connectivity index (χ0v) is 17.6. The number of alkyl halides is 3. The summed E-state index contributed by atoms with van der Waals surface area (Å²) >= 11 is 0. The van der Waals surface area contributed by atoms with Gasteiger partial charge in [-0.1, -0.05) is 0 Å². The van der Waals surface area contributed by atoms with Gasteiger partial charge in [-0.05, 0) is 42.5 Å². The first kappa shape index (κ1) is 23.2. The quantitative estimate of drug-likeness (QED) is 0.278. The van der Waals surface area contributed by atoms with Gasteiger partial charge in [-0.3, -0.25) is 9.52 Å². The van der Waals surface area contributed by atoms with Crippen molar-refractivity contribution < 1.29 is 35.2 Å². The second-order valence-electron chi connectivity index (χ2n) is 7.11. The molecule has 0 amide bonds. The molecule has 0 radical (unpaired) electrons. The third-order valence-corrected chi connectivity index (χ3v) is 6.23. The molecule has 0 atom stereocenters. The number of hydrogen-bond donors (Lipinski definition) is 3. The highest BCUT2D eigenvalue weighted by atomic mass is 32.2. The number of pyridine rings is 1. The van der Waals surface area contributed by atoms with Gasteiger partial charge in [0, 0.05) is 17.1 Å². The summed E-state index contributed by atoms with van der Waals surface area (Å²) in [6.07, 6.45) is -2.20. The molecule has 2 heterocycles. The molecule has 34 heavy (non-hydrogen) atoms. The summed E-state index contributed by atoms with van der Waals surface area (Å²) in [7, 11) is -4.57. The van der Waals surface area contributed by atoms with Gasteiger partial charge in [0.2, 0.25) is 5.78 Å². The molecule has 0 fully saturated rings. The number of fused-ring (bicyclic) bond motifs is 1. The fourth-order valence-electron chi connectivity index (χ4n) is 3.21. The number of hydrogen-bond acceptors (Lipinski definition) is 5. The topological polar surface area (TPSA) is 118 Å². The van der Waals surface area contributed by atoms with Crippen LogP contribution in [0.4, 0.5) is 33.3 Å². The average Bonchev–Trinajstić information content (AvgIpc) is 3.18. The number of nitrogen functional groups attached to an aromatic ring is 1. The predicted molar refractivity (Wildman–Crippen MR) is 113 cm³/mol. The van der Waals surface area contributed by atoms with E-state index in [0.717, 1.165) is 6.07 Å². The fraction of sp³-hybridized carbons (Fsp3) is 0.0476. The van der Waals surface area contributed by atoms with Crippen LogP contribution in [0.25, 0.3) is 11.0 Å². The van der Waals surface area contributed by atoms with Crippen molar-refractivity contribution in [2.75, 3.05) is 10.5 Å². The van der Waals surface area contributed by atoms with Crippen LogP contribution >= 0.6 is 0 Å². The van der Waals surface area contributed by atoms with Gasteiger partial charge in [-0.25, -0.2) is 22.2 Å². The highest BCUT2D eigenvalue weighted by molar-refractivity contribution is 7.92. The lowest BCUT2D eigenvalue weighted by atomic mass is 10.0. The number of benzene rings is 2. The van der Waals surface area contributed by atoms with E-state index in [-0.39, 0.29) is 22.3 Å². The van der Waals surface area contributed by atoms with Crippen molar-refractivity contribution in [3.8, 4) is 0 Å². The van der Waals surface area contributed by atoms with Gasteiger partial charge in [0.25, 0.3) is 10.0 Å². The molecule has 0 spiro atoms. The van der Waals surface area contributed by atoms with Crippen LogP contribution < -0.4 is 10.5 Å². The molecule has 0 bridgehead atoms. The third kappa shape index (κ3) is 4.17. The van der Waals surface area contributed by atoms with Crippen LogP contribution in [-0.2, 0) is 16.2 Å². The van der Waals surface area contributed by atoms with Crippen LogP contribution in [0.15, 0.2) is 59.8 Å². The molecular formula is C21H13F5N4O3S. The molecule has 0 aliphatic carbocycles. The molecule has 0 aliphatic heterocycles. The SMILES string of the molecule is Nc1cnc2[nH]cc(C(=O)c3c(F)ccc(NS(=O)(=O)c4ccc(C(F)(F)F)cc4)c3F)c2c1. The number of sulfonamides is 1.